The summed E-state index contributed by atoms with van der Waals surface area (Å²) >= 11 is 0. The van der Waals surface area contributed by atoms with Gasteiger partial charge in [0.05, 0.1) is 11.8 Å². The van der Waals surface area contributed by atoms with E-state index >= 15 is 0 Å². The molecule has 1 aromatic heterocycles. The minimum absolute atomic E-state index is 0.282. The van der Waals surface area contributed by atoms with Gasteiger partial charge >= 0.3 is 0 Å². The molecule has 0 aliphatic carbocycles. The highest BCUT2D eigenvalue weighted by Gasteiger charge is 2.07. The number of nitrogens with zero attached hydrogens (tertiary/aromatic N) is 1. The molecule has 0 amide bonds. The van der Waals surface area contributed by atoms with Crippen LogP contribution in [0.3, 0.4) is 0 Å². The van der Waals surface area contributed by atoms with Crippen LogP contribution in [0.25, 0.3) is 0 Å². The summed E-state index contributed by atoms with van der Waals surface area (Å²) < 4.78 is 0. The molecule has 0 saturated carbocycles. The third-order valence-electron chi connectivity index (χ3n) is 2.40. The van der Waals surface area contributed by atoms with E-state index in [-0.39, 0.29) is 6.10 Å². The van der Waals surface area contributed by atoms with Gasteiger partial charge in [-0.2, -0.15) is 0 Å². The smallest absolute Gasteiger partial charge is 0.0687 e. The Morgan fingerprint density at radius 3 is 2.67 bits per heavy atom. The second kappa shape index (κ2) is 5.83. The van der Waals surface area contributed by atoms with E-state index < -0.39 is 0 Å². The SMILES string of the molecule is Cc1ccc(CNCC(O)C(C)C)nc1. The maximum Gasteiger partial charge on any atom is 0.0687 e. The molecular weight excluding hydrogens is 188 g/mol. The van der Waals surface area contributed by atoms with Gasteiger partial charge in [-0.15, -0.1) is 0 Å². The third kappa shape index (κ3) is 4.40. The van der Waals surface area contributed by atoms with E-state index in [1.165, 1.54) is 5.56 Å². The Morgan fingerprint density at radius 2 is 2.13 bits per heavy atom. The number of hydrogen-bond donors (Lipinski definition) is 2. The first-order valence-electron chi connectivity index (χ1n) is 5.40. The molecular formula is C12H20N2O. The number of hydrogen-bond acceptors (Lipinski definition) is 3. The molecule has 2 N–H and O–H groups in total. The van der Waals surface area contributed by atoms with Crippen molar-refractivity contribution in [3.63, 3.8) is 0 Å². The molecule has 84 valence electrons. The van der Waals surface area contributed by atoms with Crippen LogP contribution in [0.2, 0.25) is 0 Å². The van der Waals surface area contributed by atoms with Gasteiger partial charge in [-0.1, -0.05) is 19.9 Å². The fraction of sp³-hybridized carbons (Fsp3) is 0.583. The highest BCUT2D eigenvalue weighted by atomic mass is 16.3. The molecule has 1 rings (SSSR count). The van der Waals surface area contributed by atoms with E-state index in [9.17, 15) is 5.11 Å². The lowest BCUT2D eigenvalue weighted by Gasteiger charge is -2.14. The normalized spacial score (nSPS) is 13.1. The second-order valence-electron chi connectivity index (χ2n) is 4.27. The maximum atomic E-state index is 9.57. The van der Waals surface area contributed by atoms with Gasteiger partial charge in [-0.3, -0.25) is 4.98 Å². The van der Waals surface area contributed by atoms with E-state index in [2.05, 4.69) is 10.3 Å². The fourth-order valence-corrected chi connectivity index (χ4v) is 1.19. The average molecular weight is 208 g/mol. The van der Waals surface area contributed by atoms with Gasteiger partial charge in [0.1, 0.15) is 0 Å². The fourth-order valence-electron chi connectivity index (χ4n) is 1.19. The Balaban J connectivity index is 2.29. The first kappa shape index (κ1) is 12.1. The maximum absolute atomic E-state index is 9.57. The van der Waals surface area contributed by atoms with Crippen molar-refractivity contribution in [2.75, 3.05) is 6.54 Å². The summed E-state index contributed by atoms with van der Waals surface area (Å²) in [6, 6.07) is 4.05. The molecule has 3 heteroatoms. The van der Waals surface area contributed by atoms with Gasteiger partial charge in [-0.05, 0) is 24.5 Å². The van der Waals surface area contributed by atoms with Gasteiger partial charge in [0, 0.05) is 19.3 Å². The molecule has 1 atom stereocenters. The first-order valence-corrected chi connectivity index (χ1v) is 5.40. The van der Waals surface area contributed by atoms with Crippen molar-refractivity contribution in [2.45, 2.75) is 33.4 Å². The molecule has 0 aromatic carbocycles. The molecule has 15 heavy (non-hydrogen) atoms. The van der Waals surface area contributed by atoms with E-state index in [4.69, 9.17) is 0 Å². The largest absolute Gasteiger partial charge is 0.392 e. The van der Waals surface area contributed by atoms with Crippen LogP contribution in [0.15, 0.2) is 18.3 Å². The van der Waals surface area contributed by atoms with Gasteiger partial charge in [0.15, 0.2) is 0 Å². The highest BCUT2D eigenvalue weighted by molar-refractivity contribution is 5.11. The summed E-state index contributed by atoms with van der Waals surface area (Å²) in [4.78, 5) is 4.28. The number of aryl methyl sites for hydroxylation is 1. The molecule has 1 heterocycles. The van der Waals surface area contributed by atoms with Crippen molar-refractivity contribution in [3.8, 4) is 0 Å². The Morgan fingerprint density at radius 1 is 1.40 bits per heavy atom. The summed E-state index contributed by atoms with van der Waals surface area (Å²) in [6.45, 7) is 7.37. The zero-order valence-electron chi connectivity index (χ0n) is 9.70. The lowest BCUT2D eigenvalue weighted by Crippen LogP contribution is -2.30. The zero-order valence-corrected chi connectivity index (χ0v) is 9.70. The average Bonchev–Trinajstić information content (AvgIpc) is 2.20. The molecule has 0 bridgehead atoms. The number of pyridine rings is 1. The molecule has 0 spiro atoms. The summed E-state index contributed by atoms with van der Waals surface area (Å²) in [6.07, 6.45) is 1.58. The first-order chi connectivity index (χ1) is 7.09. The summed E-state index contributed by atoms with van der Waals surface area (Å²) in [5.74, 6) is 0.295. The monoisotopic (exact) mass is 208 g/mol. The Labute approximate surface area is 91.5 Å². The molecule has 3 nitrogen and oxygen atoms in total. The number of rotatable bonds is 5. The van der Waals surface area contributed by atoms with E-state index in [1.807, 2.05) is 39.1 Å². The van der Waals surface area contributed by atoms with Crippen LogP contribution < -0.4 is 5.32 Å². The van der Waals surface area contributed by atoms with Crippen LogP contribution in [0.1, 0.15) is 25.1 Å². The lowest BCUT2D eigenvalue weighted by atomic mass is 10.1. The minimum Gasteiger partial charge on any atom is -0.392 e. The van der Waals surface area contributed by atoms with Gasteiger partial charge < -0.3 is 10.4 Å². The molecule has 1 unspecified atom stereocenters. The predicted molar refractivity (Wildman–Crippen MR) is 61.5 cm³/mol. The van der Waals surface area contributed by atoms with E-state index in [0.717, 1.165) is 5.69 Å². The van der Waals surface area contributed by atoms with E-state index in [0.29, 0.717) is 19.0 Å². The summed E-state index contributed by atoms with van der Waals surface area (Å²) in [7, 11) is 0. The van der Waals surface area contributed by atoms with Crippen LogP contribution >= 0.6 is 0 Å². The Bertz CT molecular complexity index is 282. The van der Waals surface area contributed by atoms with Crippen LogP contribution in [0, 0.1) is 12.8 Å². The molecule has 1 aromatic rings. The highest BCUT2D eigenvalue weighted by Crippen LogP contribution is 2.01. The molecule has 0 aliphatic heterocycles. The standard InChI is InChI=1S/C12H20N2O/c1-9(2)12(15)8-13-7-11-5-4-10(3)6-14-11/h4-6,9,12-13,15H,7-8H2,1-3H3. The Hall–Kier alpha value is -0.930. The third-order valence-corrected chi connectivity index (χ3v) is 2.40. The molecule has 0 fully saturated rings. The van der Waals surface area contributed by atoms with Crippen molar-refractivity contribution >= 4 is 0 Å². The number of aromatic nitrogens is 1. The Kier molecular flexibility index (Phi) is 4.72. The quantitative estimate of drug-likeness (QED) is 0.770. The summed E-state index contributed by atoms with van der Waals surface area (Å²) in [5, 5.41) is 12.8. The molecule has 0 radical (unpaired) electrons. The zero-order chi connectivity index (χ0) is 11.3. The van der Waals surface area contributed by atoms with Crippen molar-refractivity contribution in [3.05, 3.63) is 29.6 Å². The van der Waals surface area contributed by atoms with Crippen LogP contribution in [0.5, 0.6) is 0 Å². The van der Waals surface area contributed by atoms with Crippen molar-refractivity contribution in [2.24, 2.45) is 5.92 Å². The number of aliphatic hydroxyl groups is 1. The van der Waals surface area contributed by atoms with Crippen molar-refractivity contribution < 1.29 is 5.11 Å². The number of nitrogens with one attached hydrogen (secondary N) is 1. The lowest BCUT2D eigenvalue weighted by molar-refractivity contribution is 0.123. The van der Waals surface area contributed by atoms with Crippen LogP contribution in [-0.4, -0.2) is 22.7 Å². The topological polar surface area (TPSA) is 45.1 Å². The minimum atomic E-state index is -0.282. The molecule has 0 saturated heterocycles. The van der Waals surface area contributed by atoms with Gasteiger partial charge in [0.25, 0.3) is 0 Å². The van der Waals surface area contributed by atoms with Crippen molar-refractivity contribution in [1.82, 2.24) is 10.3 Å². The van der Waals surface area contributed by atoms with Gasteiger partial charge in [0.2, 0.25) is 0 Å². The van der Waals surface area contributed by atoms with Crippen LogP contribution in [-0.2, 0) is 6.54 Å². The number of aliphatic hydroxyl groups excluding tert-OH is 1. The predicted octanol–water partition coefficient (Wildman–Crippen LogP) is 1.50. The molecule has 0 aliphatic rings. The van der Waals surface area contributed by atoms with Gasteiger partial charge in [-0.25, -0.2) is 0 Å². The van der Waals surface area contributed by atoms with Crippen molar-refractivity contribution in [1.29, 1.82) is 0 Å². The second-order valence-corrected chi connectivity index (χ2v) is 4.27. The summed E-state index contributed by atoms with van der Waals surface area (Å²) in [5.41, 5.74) is 2.18. The van der Waals surface area contributed by atoms with Crippen LogP contribution in [0.4, 0.5) is 0 Å². The van der Waals surface area contributed by atoms with E-state index in [1.54, 1.807) is 0 Å².